The van der Waals surface area contributed by atoms with Crippen molar-refractivity contribution in [2.24, 2.45) is 0 Å². The second-order valence-electron chi connectivity index (χ2n) is 4.84. The van der Waals surface area contributed by atoms with Crippen LogP contribution in [0, 0.1) is 6.92 Å². The molecule has 0 saturated heterocycles. The molecular formula is C16H14N2O3S. The third kappa shape index (κ3) is 2.53. The van der Waals surface area contributed by atoms with E-state index >= 15 is 0 Å². The molecule has 0 atom stereocenters. The first kappa shape index (κ1) is 14.5. The van der Waals surface area contributed by atoms with Crippen molar-refractivity contribution in [3.8, 4) is 5.75 Å². The summed E-state index contributed by atoms with van der Waals surface area (Å²) in [6.45, 7) is 1.80. The maximum absolute atomic E-state index is 11.7. The van der Waals surface area contributed by atoms with Gasteiger partial charge in [-0.05, 0) is 12.5 Å². The first-order valence-corrected chi connectivity index (χ1v) is 7.53. The number of carbonyl (C=O) groups excluding carboxylic acids is 1. The summed E-state index contributed by atoms with van der Waals surface area (Å²) in [5.41, 5.74) is 1.76. The van der Waals surface area contributed by atoms with Gasteiger partial charge >= 0.3 is 5.97 Å². The first-order chi connectivity index (χ1) is 10.6. The van der Waals surface area contributed by atoms with Gasteiger partial charge in [-0.25, -0.2) is 14.8 Å². The van der Waals surface area contributed by atoms with Gasteiger partial charge in [0.15, 0.2) is 10.6 Å². The van der Waals surface area contributed by atoms with Crippen molar-refractivity contribution in [2.45, 2.75) is 13.3 Å². The fourth-order valence-electron chi connectivity index (χ4n) is 2.30. The molecule has 3 aromatic rings. The van der Waals surface area contributed by atoms with E-state index in [0.29, 0.717) is 28.2 Å². The number of benzene rings is 1. The Morgan fingerprint density at radius 1 is 1.27 bits per heavy atom. The zero-order valence-corrected chi connectivity index (χ0v) is 13.0. The SMILES string of the molecule is COC(=O)c1sc2nc(Cc3ccccc3)nc(C)c2c1O. The average Bonchev–Trinajstić information content (AvgIpc) is 2.85. The van der Waals surface area contributed by atoms with E-state index < -0.39 is 5.97 Å². The fraction of sp³-hybridized carbons (Fsp3) is 0.188. The lowest BCUT2D eigenvalue weighted by Gasteiger charge is -2.03. The molecule has 0 saturated carbocycles. The van der Waals surface area contributed by atoms with Crippen LogP contribution in [0.15, 0.2) is 30.3 Å². The Kier molecular flexibility index (Phi) is 3.77. The number of esters is 1. The van der Waals surface area contributed by atoms with E-state index in [1.807, 2.05) is 30.3 Å². The van der Waals surface area contributed by atoms with Gasteiger partial charge in [-0.1, -0.05) is 30.3 Å². The predicted octanol–water partition coefficient (Wildman–Crippen LogP) is 3.08. The summed E-state index contributed by atoms with van der Waals surface area (Å²) < 4.78 is 4.68. The molecule has 0 unspecified atom stereocenters. The van der Waals surface area contributed by atoms with E-state index in [-0.39, 0.29) is 10.6 Å². The standard InChI is InChI=1S/C16H14N2O3S/c1-9-12-13(19)14(16(20)21-2)22-15(12)18-11(17-9)8-10-6-4-3-5-7-10/h3-7,19H,8H2,1-2H3. The van der Waals surface area contributed by atoms with Crippen molar-refractivity contribution < 1.29 is 14.6 Å². The minimum absolute atomic E-state index is 0.101. The van der Waals surface area contributed by atoms with Gasteiger partial charge in [-0.15, -0.1) is 11.3 Å². The van der Waals surface area contributed by atoms with Gasteiger partial charge in [0.1, 0.15) is 10.7 Å². The Bertz CT molecular complexity index is 843. The number of aromatic nitrogens is 2. The van der Waals surface area contributed by atoms with Gasteiger partial charge in [0, 0.05) is 6.42 Å². The summed E-state index contributed by atoms with van der Waals surface area (Å²) in [5, 5.41) is 10.7. The summed E-state index contributed by atoms with van der Waals surface area (Å²) in [4.78, 5) is 21.3. The van der Waals surface area contributed by atoms with Crippen LogP contribution in [0.1, 0.15) is 26.8 Å². The van der Waals surface area contributed by atoms with Crippen molar-refractivity contribution in [3.05, 3.63) is 52.3 Å². The smallest absolute Gasteiger partial charge is 0.351 e. The monoisotopic (exact) mass is 314 g/mol. The molecule has 0 spiro atoms. The number of rotatable bonds is 3. The van der Waals surface area contributed by atoms with Crippen molar-refractivity contribution in [1.82, 2.24) is 9.97 Å². The zero-order chi connectivity index (χ0) is 15.7. The molecule has 5 nitrogen and oxygen atoms in total. The van der Waals surface area contributed by atoms with E-state index in [4.69, 9.17) is 0 Å². The summed E-state index contributed by atoms with van der Waals surface area (Å²) in [6, 6.07) is 9.90. The molecule has 2 aromatic heterocycles. The Hall–Kier alpha value is -2.47. The Morgan fingerprint density at radius 3 is 2.68 bits per heavy atom. The second-order valence-corrected chi connectivity index (χ2v) is 5.84. The third-order valence-corrected chi connectivity index (χ3v) is 4.38. The molecule has 0 radical (unpaired) electrons. The van der Waals surface area contributed by atoms with Crippen LogP contribution in [0.4, 0.5) is 0 Å². The third-order valence-electron chi connectivity index (χ3n) is 3.33. The molecule has 0 fully saturated rings. The quantitative estimate of drug-likeness (QED) is 0.752. The maximum Gasteiger partial charge on any atom is 0.351 e. The van der Waals surface area contributed by atoms with Crippen LogP contribution in [0.5, 0.6) is 5.75 Å². The lowest BCUT2D eigenvalue weighted by atomic mass is 10.1. The van der Waals surface area contributed by atoms with E-state index in [2.05, 4.69) is 14.7 Å². The molecule has 0 aliphatic rings. The molecule has 3 rings (SSSR count). The number of aryl methyl sites for hydroxylation is 1. The molecule has 0 amide bonds. The Labute approximate surface area is 131 Å². The van der Waals surface area contributed by atoms with Crippen molar-refractivity contribution in [3.63, 3.8) is 0 Å². The predicted molar refractivity (Wildman–Crippen MR) is 84.4 cm³/mol. The van der Waals surface area contributed by atoms with Crippen LogP contribution >= 0.6 is 11.3 Å². The number of nitrogens with zero attached hydrogens (tertiary/aromatic N) is 2. The highest BCUT2D eigenvalue weighted by molar-refractivity contribution is 7.20. The average molecular weight is 314 g/mol. The molecule has 0 bridgehead atoms. The van der Waals surface area contributed by atoms with E-state index in [0.717, 1.165) is 16.9 Å². The molecule has 112 valence electrons. The minimum Gasteiger partial charge on any atom is -0.505 e. The minimum atomic E-state index is -0.565. The van der Waals surface area contributed by atoms with E-state index in [1.165, 1.54) is 7.11 Å². The van der Waals surface area contributed by atoms with Gasteiger partial charge in [-0.2, -0.15) is 0 Å². The summed E-state index contributed by atoms with van der Waals surface area (Å²) in [5.74, 6) is -0.00557. The largest absolute Gasteiger partial charge is 0.505 e. The Morgan fingerprint density at radius 2 is 2.00 bits per heavy atom. The highest BCUT2D eigenvalue weighted by Gasteiger charge is 2.22. The van der Waals surface area contributed by atoms with Gasteiger partial charge in [-0.3, -0.25) is 0 Å². The number of methoxy groups -OCH3 is 1. The number of hydrogen-bond acceptors (Lipinski definition) is 6. The number of ether oxygens (including phenoxy) is 1. The highest BCUT2D eigenvalue weighted by Crippen LogP contribution is 2.37. The van der Waals surface area contributed by atoms with Gasteiger partial charge in [0.25, 0.3) is 0 Å². The lowest BCUT2D eigenvalue weighted by molar-refractivity contribution is 0.0603. The number of fused-ring (bicyclic) bond motifs is 1. The maximum atomic E-state index is 11.7. The number of carbonyl (C=O) groups is 1. The van der Waals surface area contributed by atoms with Crippen LogP contribution in [-0.4, -0.2) is 28.2 Å². The molecule has 0 aliphatic carbocycles. The second kappa shape index (κ2) is 5.73. The summed E-state index contributed by atoms with van der Waals surface area (Å²) in [6.07, 6.45) is 0.601. The van der Waals surface area contributed by atoms with Crippen LogP contribution in [0.2, 0.25) is 0 Å². The lowest BCUT2D eigenvalue weighted by Crippen LogP contribution is -1.98. The van der Waals surface area contributed by atoms with E-state index in [9.17, 15) is 9.90 Å². The molecular weight excluding hydrogens is 300 g/mol. The number of thiophene rings is 1. The van der Waals surface area contributed by atoms with Crippen molar-refractivity contribution in [1.29, 1.82) is 0 Å². The molecule has 1 aromatic carbocycles. The normalized spacial score (nSPS) is 10.8. The molecule has 6 heteroatoms. The topological polar surface area (TPSA) is 72.3 Å². The van der Waals surface area contributed by atoms with Crippen LogP contribution in [0.3, 0.4) is 0 Å². The van der Waals surface area contributed by atoms with Crippen LogP contribution in [-0.2, 0) is 11.2 Å². The van der Waals surface area contributed by atoms with Crippen molar-refractivity contribution in [2.75, 3.05) is 7.11 Å². The number of hydrogen-bond donors (Lipinski definition) is 1. The summed E-state index contributed by atoms with van der Waals surface area (Å²) in [7, 11) is 1.28. The first-order valence-electron chi connectivity index (χ1n) is 6.71. The molecule has 22 heavy (non-hydrogen) atoms. The van der Waals surface area contributed by atoms with Gasteiger partial charge in [0.05, 0.1) is 18.2 Å². The van der Waals surface area contributed by atoms with Gasteiger partial charge in [0.2, 0.25) is 0 Å². The molecule has 0 aliphatic heterocycles. The van der Waals surface area contributed by atoms with E-state index in [1.54, 1.807) is 6.92 Å². The molecule has 2 heterocycles. The molecule has 1 N–H and O–H groups in total. The van der Waals surface area contributed by atoms with Crippen molar-refractivity contribution >= 4 is 27.5 Å². The summed E-state index contributed by atoms with van der Waals surface area (Å²) >= 11 is 1.12. The van der Waals surface area contributed by atoms with Crippen LogP contribution < -0.4 is 0 Å². The Balaban J connectivity index is 2.07. The van der Waals surface area contributed by atoms with Crippen LogP contribution in [0.25, 0.3) is 10.2 Å². The fourth-order valence-corrected chi connectivity index (χ4v) is 3.35. The zero-order valence-electron chi connectivity index (χ0n) is 12.2. The number of aromatic hydroxyl groups is 1. The van der Waals surface area contributed by atoms with Gasteiger partial charge < -0.3 is 9.84 Å². The highest BCUT2D eigenvalue weighted by atomic mass is 32.1.